The molecule has 10 heteroatoms. The van der Waals surface area contributed by atoms with Gasteiger partial charge in [0.25, 0.3) is 5.91 Å². The molecule has 1 atom stereocenters. The molecule has 1 amide bonds. The molecule has 0 spiro atoms. The molecule has 32 heavy (non-hydrogen) atoms. The lowest BCUT2D eigenvalue weighted by atomic mass is 9.84. The van der Waals surface area contributed by atoms with E-state index < -0.39 is 11.9 Å². The molecule has 4 heterocycles. The third-order valence-electron chi connectivity index (χ3n) is 5.95. The van der Waals surface area contributed by atoms with E-state index in [0.29, 0.717) is 41.0 Å². The minimum atomic E-state index is -1.26. The number of carbonyl (C=O) groups excluding carboxylic acids is 1. The number of anilines is 1. The van der Waals surface area contributed by atoms with E-state index in [4.69, 9.17) is 26.6 Å². The van der Waals surface area contributed by atoms with Crippen molar-refractivity contribution in [2.75, 3.05) is 44.2 Å². The van der Waals surface area contributed by atoms with Crippen LogP contribution in [-0.4, -0.2) is 78.3 Å². The second-order valence-corrected chi connectivity index (χ2v) is 8.39. The normalized spacial score (nSPS) is 23.6. The molecule has 4 aliphatic rings. The quantitative estimate of drug-likeness (QED) is 0.565. The molecule has 4 aliphatic heterocycles. The topological polar surface area (TPSA) is 119 Å². The van der Waals surface area contributed by atoms with Gasteiger partial charge < -0.3 is 30.1 Å². The van der Waals surface area contributed by atoms with Crippen molar-refractivity contribution in [1.29, 1.82) is 0 Å². The van der Waals surface area contributed by atoms with Crippen molar-refractivity contribution in [2.24, 2.45) is 5.92 Å². The van der Waals surface area contributed by atoms with Crippen LogP contribution in [0.25, 0.3) is 0 Å². The van der Waals surface area contributed by atoms with E-state index in [1.807, 2.05) is 6.07 Å². The molecular formula is C22H28ClN3O6. The number of carboxylic acids is 2. The average Bonchev–Trinajstić information content (AvgIpc) is 2.78. The summed E-state index contributed by atoms with van der Waals surface area (Å²) < 4.78 is 5.84. The number of nitrogens with one attached hydrogen (secondary N) is 1. The van der Waals surface area contributed by atoms with Crippen LogP contribution in [0.4, 0.5) is 5.69 Å². The number of hydrogen-bond acceptors (Lipinski definition) is 6. The Bertz CT molecular complexity index is 882. The Hall–Kier alpha value is -2.78. The number of amides is 1. The van der Waals surface area contributed by atoms with Crippen molar-refractivity contribution in [3.05, 3.63) is 34.9 Å². The molecule has 5 rings (SSSR count). The summed E-state index contributed by atoms with van der Waals surface area (Å²) in [4.78, 5) is 36.7. The number of benzene rings is 1. The molecule has 9 nitrogen and oxygen atoms in total. The first-order valence-electron chi connectivity index (χ1n) is 10.7. The van der Waals surface area contributed by atoms with E-state index in [1.54, 1.807) is 6.07 Å². The van der Waals surface area contributed by atoms with Crippen LogP contribution < -0.4 is 15.0 Å². The fourth-order valence-corrected chi connectivity index (χ4v) is 4.57. The third-order valence-corrected chi connectivity index (χ3v) is 6.17. The standard InChI is InChI=1S/C18H24ClN3O2.C4H4O4/c1-2-22-7-8-24-17-14(9-13(19)10-16(17)22)18(23)20-15-11-21-5-3-12(15)4-6-21;5-3(6)1-2-4(7)8/h9-10,12,15H,2-8,11H2,1H3,(H,20,23);1-2H,(H,5,6)(H,7,8)/b;2-1+. The third kappa shape index (κ3) is 5.92. The first-order valence-corrected chi connectivity index (χ1v) is 11.0. The summed E-state index contributed by atoms with van der Waals surface area (Å²) in [6.45, 7) is 7.69. The fourth-order valence-electron chi connectivity index (χ4n) is 4.36. The molecule has 0 aromatic heterocycles. The number of rotatable bonds is 5. The maximum atomic E-state index is 12.9. The first-order chi connectivity index (χ1) is 15.3. The Morgan fingerprint density at radius 1 is 1.16 bits per heavy atom. The molecule has 1 aromatic rings. The highest BCUT2D eigenvalue weighted by atomic mass is 35.5. The van der Waals surface area contributed by atoms with Crippen molar-refractivity contribution in [1.82, 2.24) is 10.2 Å². The summed E-state index contributed by atoms with van der Waals surface area (Å²) in [5.41, 5.74) is 1.49. The van der Waals surface area contributed by atoms with Crippen LogP contribution in [0.5, 0.6) is 5.75 Å². The Balaban J connectivity index is 0.000000312. The highest BCUT2D eigenvalue weighted by Gasteiger charge is 2.35. The van der Waals surface area contributed by atoms with Crippen molar-refractivity contribution in [3.8, 4) is 5.75 Å². The second-order valence-electron chi connectivity index (χ2n) is 7.96. The molecular weight excluding hydrogens is 438 g/mol. The van der Waals surface area contributed by atoms with Gasteiger partial charge in [-0.15, -0.1) is 0 Å². The number of nitrogens with zero attached hydrogens (tertiary/aromatic N) is 2. The van der Waals surface area contributed by atoms with Crippen molar-refractivity contribution < 1.29 is 29.3 Å². The van der Waals surface area contributed by atoms with Gasteiger partial charge in [-0.05, 0) is 50.9 Å². The molecule has 0 radical (unpaired) electrons. The van der Waals surface area contributed by atoms with Crippen LogP contribution in [0.2, 0.25) is 5.02 Å². The fraction of sp³-hybridized carbons (Fsp3) is 0.500. The monoisotopic (exact) mass is 465 g/mol. The lowest BCUT2D eigenvalue weighted by Crippen LogP contribution is -2.57. The molecule has 3 saturated heterocycles. The molecule has 3 fully saturated rings. The molecule has 0 saturated carbocycles. The first kappa shape index (κ1) is 23.9. The van der Waals surface area contributed by atoms with E-state index in [9.17, 15) is 14.4 Å². The lowest BCUT2D eigenvalue weighted by molar-refractivity contribution is -0.134. The summed E-state index contributed by atoms with van der Waals surface area (Å²) in [5.74, 6) is -1.31. The van der Waals surface area contributed by atoms with E-state index in [2.05, 4.69) is 22.0 Å². The highest BCUT2D eigenvalue weighted by Crippen LogP contribution is 2.38. The maximum Gasteiger partial charge on any atom is 0.328 e. The Labute approximate surface area is 191 Å². The zero-order chi connectivity index (χ0) is 23.3. The van der Waals surface area contributed by atoms with Crippen LogP contribution in [0.15, 0.2) is 24.3 Å². The van der Waals surface area contributed by atoms with E-state index in [0.717, 1.165) is 38.4 Å². The van der Waals surface area contributed by atoms with Gasteiger partial charge in [-0.3, -0.25) is 4.79 Å². The van der Waals surface area contributed by atoms with Gasteiger partial charge in [0, 0.05) is 36.3 Å². The number of ether oxygens (including phenoxy) is 1. The van der Waals surface area contributed by atoms with Crippen LogP contribution >= 0.6 is 11.6 Å². The zero-order valence-corrected chi connectivity index (χ0v) is 18.7. The van der Waals surface area contributed by atoms with E-state index >= 15 is 0 Å². The Kier molecular flexibility index (Phi) is 7.98. The number of piperidine rings is 3. The van der Waals surface area contributed by atoms with E-state index in [-0.39, 0.29) is 11.9 Å². The lowest BCUT2D eigenvalue weighted by Gasteiger charge is -2.45. The number of hydrogen-bond donors (Lipinski definition) is 3. The van der Waals surface area contributed by atoms with Crippen LogP contribution in [-0.2, 0) is 9.59 Å². The molecule has 174 valence electrons. The SMILES string of the molecule is CCN1CCOc2c(C(=O)NC3CN4CCC3CC4)cc(Cl)cc21.O=C(O)/C=C/C(=O)O. The number of fused-ring (bicyclic) bond motifs is 4. The number of carboxylic acid groups (broad SMARTS) is 2. The average molecular weight is 466 g/mol. The van der Waals surface area contributed by atoms with Gasteiger partial charge in [-0.2, -0.15) is 0 Å². The van der Waals surface area contributed by atoms with Gasteiger partial charge in [0.05, 0.1) is 17.8 Å². The second kappa shape index (κ2) is 10.7. The molecule has 1 aromatic carbocycles. The van der Waals surface area contributed by atoms with Gasteiger partial charge in [-0.1, -0.05) is 11.6 Å². The smallest absolute Gasteiger partial charge is 0.328 e. The summed E-state index contributed by atoms with van der Waals surface area (Å²) in [7, 11) is 0. The van der Waals surface area contributed by atoms with Gasteiger partial charge in [0.2, 0.25) is 0 Å². The van der Waals surface area contributed by atoms with Gasteiger partial charge in [0.15, 0.2) is 5.75 Å². The maximum absolute atomic E-state index is 12.9. The summed E-state index contributed by atoms with van der Waals surface area (Å²) in [6.07, 6.45) is 3.47. The predicted molar refractivity (Wildman–Crippen MR) is 120 cm³/mol. The van der Waals surface area contributed by atoms with Gasteiger partial charge in [0.1, 0.15) is 6.61 Å². The largest absolute Gasteiger partial charge is 0.489 e. The number of aliphatic carboxylic acids is 2. The van der Waals surface area contributed by atoms with Gasteiger partial charge in [-0.25, -0.2) is 9.59 Å². The summed E-state index contributed by atoms with van der Waals surface area (Å²) in [6, 6.07) is 3.86. The number of carbonyl (C=O) groups is 3. The van der Waals surface area contributed by atoms with Gasteiger partial charge >= 0.3 is 11.9 Å². The Morgan fingerprint density at radius 2 is 1.81 bits per heavy atom. The minimum Gasteiger partial charge on any atom is -0.489 e. The number of halogens is 1. The number of likely N-dealkylation sites (N-methyl/N-ethyl adjacent to an activating group) is 1. The van der Waals surface area contributed by atoms with Crippen LogP contribution in [0.1, 0.15) is 30.1 Å². The molecule has 3 N–H and O–H groups in total. The highest BCUT2D eigenvalue weighted by molar-refractivity contribution is 6.31. The minimum absolute atomic E-state index is 0.0644. The molecule has 0 aliphatic carbocycles. The van der Waals surface area contributed by atoms with Crippen molar-refractivity contribution in [2.45, 2.75) is 25.8 Å². The van der Waals surface area contributed by atoms with Crippen LogP contribution in [0.3, 0.4) is 0 Å². The Morgan fingerprint density at radius 3 is 2.34 bits per heavy atom. The van der Waals surface area contributed by atoms with Crippen molar-refractivity contribution in [3.63, 3.8) is 0 Å². The van der Waals surface area contributed by atoms with Crippen LogP contribution in [0, 0.1) is 5.92 Å². The summed E-state index contributed by atoms with van der Waals surface area (Å²) in [5, 5.41) is 19.4. The summed E-state index contributed by atoms with van der Waals surface area (Å²) >= 11 is 6.28. The molecule has 1 unspecified atom stereocenters. The van der Waals surface area contributed by atoms with E-state index in [1.165, 1.54) is 12.8 Å². The molecule has 2 bridgehead atoms. The zero-order valence-electron chi connectivity index (χ0n) is 17.9. The van der Waals surface area contributed by atoms with Crippen molar-refractivity contribution >= 4 is 35.1 Å². The predicted octanol–water partition coefficient (Wildman–Crippen LogP) is 2.09.